The molecule has 0 saturated carbocycles. The second-order valence-corrected chi connectivity index (χ2v) is 5.99. The van der Waals surface area contributed by atoms with Crippen LogP contribution >= 0.6 is 0 Å². The van der Waals surface area contributed by atoms with Crippen LogP contribution in [0.5, 0.6) is 0 Å². The molecule has 0 aliphatic carbocycles. The van der Waals surface area contributed by atoms with Crippen molar-refractivity contribution in [1.82, 2.24) is 0 Å². The molecule has 1 unspecified atom stereocenters. The first kappa shape index (κ1) is 16.0. The highest BCUT2D eigenvalue weighted by molar-refractivity contribution is 5.95. The molecule has 0 spiro atoms. The van der Waals surface area contributed by atoms with Crippen molar-refractivity contribution in [1.29, 1.82) is 0 Å². The molecular weight excluding hydrogens is 264 g/mol. The van der Waals surface area contributed by atoms with Crippen LogP contribution in [-0.4, -0.2) is 32.2 Å². The van der Waals surface area contributed by atoms with Gasteiger partial charge in [-0.1, -0.05) is 26.0 Å². The molecule has 1 aromatic rings. The van der Waals surface area contributed by atoms with Crippen molar-refractivity contribution in [2.24, 2.45) is 5.73 Å². The number of hydrogen-bond donors (Lipinski definition) is 1. The highest BCUT2D eigenvalue weighted by Crippen LogP contribution is 2.30. The summed E-state index contributed by atoms with van der Waals surface area (Å²) in [4.78, 5) is 14.4. The number of nitrogens with zero attached hydrogens (tertiary/aromatic N) is 1. The van der Waals surface area contributed by atoms with Gasteiger partial charge in [-0.2, -0.15) is 0 Å². The summed E-state index contributed by atoms with van der Waals surface area (Å²) in [6.07, 6.45) is 2.21. The van der Waals surface area contributed by atoms with Gasteiger partial charge in [-0.3, -0.25) is 4.79 Å². The molecule has 1 heterocycles. The quantitative estimate of drug-likeness (QED) is 0.906. The first-order valence-corrected chi connectivity index (χ1v) is 7.72. The van der Waals surface area contributed by atoms with Crippen molar-refractivity contribution >= 4 is 11.6 Å². The molecule has 1 aliphatic rings. The second kappa shape index (κ2) is 7.05. The number of hydrogen-bond acceptors (Lipinski definition) is 3. The molecule has 0 bridgehead atoms. The van der Waals surface area contributed by atoms with Gasteiger partial charge >= 0.3 is 0 Å². The van der Waals surface area contributed by atoms with Crippen LogP contribution in [0, 0.1) is 0 Å². The lowest BCUT2D eigenvalue weighted by molar-refractivity contribution is -0.120. The summed E-state index contributed by atoms with van der Waals surface area (Å²) in [6.45, 7) is 5.54. The highest BCUT2D eigenvalue weighted by atomic mass is 16.5. The van der Waals surface area contributed by atoms with Crippen LogP contribution in [0.3, 0.4) is 0 Å². The van der Waals surface area contributed by atoms with Gasteiger partial charge in [0.15, 0.2) is 0 Å². The smallest absolute Gasteiger partial charge is 0.229 e. The fourth-order valence-corrected chi connectivity index (χ4v) is 2.80. The van der Waals surface area contributed by atoms with Crippen molar-refractivity contribution in [3.05, 3.63) is 29.3 Å². The Bertz CT molecular complexity index is 496. The lowest BCUT2D eigenvalue weighted by Crippen LogP contribution is -2.39. The van der Waals surface area contributed by atoms with E-state index in [4.69, 9.17) is 10.5 Å². The topological polar surface area (TPSA) is 55.6 Å². The normalized spacial score (nSPS) is 16.0. The zero-order valence-electron chi connectivity index (χ0n) is 13.3. The summed E-state index contributed by atoms with van der Waals surface area (Å²) in [7, 11) is 1.60. The van der Waals surface area contributed by atoms with Crippen LogP contribution in [0.2, 0.25) is 0 Å². The molecule has 1 atom stereocenters. The van der Waals surface area contributed by atoms with Gasteiger partial charge in [-0.15, -0.1) is 0 Å². The number of amides is 1. The van der Waals surface area contributed by atoms with Crippen LogP contribution in [0.25, 0.3) is 0 Å². The first-order valence-electron chi connectivity index (χ1n) is 7.72. The largest absolute Gasteiger partial charge is 0.380 e. The Hall–Kier alpha value is -1.39. The lowest BCUT2D eigenvalue weighted by atomic mass is 9.94. The van der Waals surface area contributed by atoms with Gasteiger partial charge in [-0.25, -0.2) is 0 Å². The molecule has 0 radical (unpaired) electrons. The minimum atomic E-state index is -0.196. The molecule has 4 nitrogen and oxygen atoms in total. The van der Waals surface area contributed by atoms with Crippen molar-refractivity contribution in [2.45, 2.75) is 45.1 Å². The maximum Gasteiger partial charge on any atom is 0.229 e. The summed E-state index contributed by atoms with van der Waals surface area (Å²) in [5, 5.41) is 0. The van der Waals surface area contributed by atoms with Crippen molar-refractivity contribution in [2.75, 3.05) is 25.1 Å². The number of aryl methyl sites for hydroxylation is 1. The maximum absolute atomic E-state index is 12.5. The Morgan fingerprint density at radius 1 is 1.43 bits per heavy atom. The van der Waals surface area contributed by atoms with E-state index in [-0.39, 0.29) is 12.0 Å². The Morgan fingerprint density at radius 3 is 2.81 bits per heavy atom. The molecule has 4 heteroatoms. The Balaban J connectivity index is 2.20. The standard InChI is InChI=1S/C17H26N2O2/c1-12(2)13-6-7-16-14(9-13)5-4-8-19(16)17(20)10-15(11-18)21-3/h6-7,9,12,15H,4-5,8,10-11,18H2,1-3H3. The van der Waals surface area contributed by atoms with E-state index in [1.165, 1.54) is 11.1 Å². The Kier molecular flexibility index (Phi) is 5.37. The molecular formula is C17H26N2O2. The average Bonchev–Trinajstić information content (AvgIpc) is 2.51. The predicted molar refractivity (Wildman–Crippen MR) is 85.7 cm³/mol. The Labute approximate surface area is 127 Å². The first-order chi connectivity index (χ1) is 10.1. The van der Waals surface area contributed by atoms with Crippen molar-refractivity contribution < 1.29 is 9.53 Å². The molecule has 0 fully saturated rings. The van der Waals surface area contributed by atoms with Crippen LogP contribution in [0.15, 0.2) is 18.2 Å². The third-order valence-electron chi connectivity index (χ3n) is 4.19. The summed E-state index contributed by atoms with van der Waals surface area (Å²) in [6, 6.07) is 6.47. The monoisotopic (exact) mass is 290 g/mol. The van der Waals surface area contributed by atoms with E-state index < -0.39 is 0 Å². The van der Waals surface area contributed by atoms with E-state index in [2.05, 4.69) is 32.0 Å². The molecule has 1 amide bonds. The van der Waals surface area contributed by atoms with Gasteiger partial charge in [0, 0.05) is 25.9 Å². The molecule has 0 aromatic heterocycles. The number of benzene rings is 1. The van der Waals surface area contributed by atoms with Gasteiger partial charge in [0.1, 0.15) is 0 Å². The number of methoxy groups -OCH3 is 1. The summed E-state index contributed by atoms with van der Waals surface area (Å²) >= 11 is 0. The van der Waals surface area contributed by atoms with E-state index in [0.717, 1.165) is 25.1 Å². The van der Waals surface area contributed by atoms with Gasteiger partial charge in [0.2, 0.25) is 5.91 Å². The minimum absolute atomic E-state index is 0.102. The fourth-order valence-electron chi connectivity index (χ4n) is 2.80. The van der Waals surface area contributed by atoms with Crippen LogP contribution < -0.4 is 10.6 Å². The van der Waals surface area contributed by atoms with Gasteiger partial charge in [0.25, 0.3) is 0 Å². The molecule has 116 valence electrons. The maximum atomic E-state index is 12.5. The second-order valence-electron chi connectivity index (χ2n) is 5.99. The fraction of sp³-hybridized carbons (Fsp3) is 0.588. The minimum Gasteiger partial charge on any atom is -0.380 e. The number of fused-ring (bicyclic) bond motifs is 1. The van der Waals surface area contributed by atoms with E-state index in [1.807, 2.05) is 4.90 Å². The summed E-state index contributed by atoms with van der Waals surface area (Å²) < 4.78 is 5.23. The number of carbonyl (C=O) groups is 1. The number of carbonyl (C=O) groups excluding carboxylic acids is 1. The lowest BCUT2D eigenvalue weighted by Gasteiger charge is -2.31. The predicted octanol–water partition coefficient (Wildman–Crippen LogP) is 2.45. The van der Waals surface area contributed by atoms with Crippen LogP contribution in [0.1, 0.15) is 43.7 Å². The van der Waals surface area contributed by atoms with Crippen molar-refractivity contribution in [3.8, 4) is 0 Å². The Morgan fingerprint density at radius 2 is 2.19 bits per heavy atom. The molecule has 21 heavy (non-hydrogen) atoms. The summed E-state index contributed by atoms with van der Waals surface area (Å²) in [5.74, 6) is 0.613. The van der Waals surface area contributed by atoms with Crippen LogP contribution in [-0.2, 0) is 16.0 Å². The van der Waals surface area contributed by atoms with Gasteiger partial charge < -0.3 is 15.4 Å². The molecule has 1 aliphatic heterocycles. The van der Waals surface area contributed by atoms with Gasteiger partial charge in [0.05, 0.1) is 12.5 Å². The molecule has 2 N–H and O–H groups in total. The molecule has 2 rings (SSSR count). The van der Waals surface area contributed by atoms with E-state index in [9.17, 15) is 4.79 Å². The van der Waals surface area contributed by atoms with Gasteiger partial charge in [-0.05, 0) is 36.0 Å². The number of nitrogens with two attached hydrogens (primary N) is 1. The molecule has 1 aromatic carbocycles. The average molecular weight is 290 g/mol. The zero-order valence-corrected chi connectivity index (χ0v) is 13.3. The number of anilines is 1. The summed E-state index contributed by atoms with van der Waals surface area (Å²) in [5.41, 5.74) is 9.28. The third kappa shape index (κ3) is 3.63. The molecule has 0 saturated heterocycles. The zero-order chi connectivity index (χ0) is 15.4. The van der Waals surface area contributed by atoms with Crippen LogP contribution in [0.4, 0.5) is 5.69 Å². The van der Waals surface area contributed by atoms with E-state index in [1.54, 1.807) is 7.11 Å². The third-order valence-corrected chi connectivity index (χ3v) is 4.19. The number of ether oxygens (including phenoxy) is 1. The SMILES string of the molecule is COC(CN)CC(=O)N1CCCc2cc(C(C)C)ccc21. The van der Waals surface area contributed by atoms with E-state index in [0.29, 0.717) is 18.9 Å². The van der Waals surface area contributed by atoms with E-state index >= 15 is 0 Å². The number of rotatable bonds is 5. The highest BCUT2D eigenvalue weighted by Gasteiger charge is 2.24. The van der Waals surface area contributed by atoms with Crippen molar-refractivity contribution in [3.63, 3.8) is 0 Å².